The fourth-order valence-electron chi connectivity index (χ4n) is 0.565. The molecule has 10 heavy (non-hydrogen) atoms. The van der Waals surface area contributed by atoms with Gasteiger partial charge in [0.15, 0.2) is 0 Å². The Morgan fingerprint density at radius 2 is 2.00 bits per heavy atom. The lowest BCUT2D eigenvalue weighted by Gasteiger charge is -2.00. The van der Waals surface area contributed by atoms with Crippen LogP contribution >= 0.6 is 17.0 Å². The molecule has 0 rings (SSSR count). The molecule has 0 aromatic heterocycles. The van der Waals surface area contributed by atoms with E-state index in [2.05, 4.69) is 20.0 Å². The van der Waals surface area contributed by atoms with Crippen molar-refractivity contribution in [1.29, 1.82) is 0 Å². The first-order valence-electron chi connectivity index (χ1n) is 3.85. The van der Waals surface area contributed by atoms with Gasteiger partial charge < -0.3 is 4.74 Å². The predicted octanol–water partition coefficient (Wildman–Crippen LogP) is 1.64. The van der Waals surface area contributed by atoms with Gasteiger partial charge in [0.2, 0.25) is 0 Å². The van der Waals surface area contributed by atoms with Crippen LogP contribution in [0.25, 0.3) is 0 Å². The van der Waals surface area contributed by atoms with Gasteiger partial charge in [-0.3, -0.25) is 0 Å². The van der Waals surface area contributed by atoms with Gasteiger partial charge in [0.25, 0.3) is 0 Å². The van der Waals surface area contributed by atoms with Gasteiger partial charge in [-0.15, -0.1) is 17.0 Å². The van der Waals surface area contributed by atoms with E-state index in [0.717, 1.165) is 11.3 Å². The molecule has 0 saturated heterocycles. The third-order valence-corrected chi connectivity index (χ3v) is 7.04. The molecule has 0 radical (unpaired) electrons. The quantitative estimate of drug-likeness (QED) is 0.522. The van der Waals surface area contributed by atoms with Crippen molar-refractivity contribution in [3.8, 4) is 0 Å². The van der Waals surface area contributed by atoms with Gasteiger partial charge in [-0.1, -0.05) is 31.2 Å². The lowest BCUT2D eigenvalue weighted by molar-refractivity contribution is 0.178. The summed E-state index contributed by atoms with van der Waals surface area (Å²) in [5.74, 6) is 0. The molecule has 0 aromatic rings. The lowest BCUT2D eigenvalue weighted by atomic mass is 10.5. The Labute approximate surface area is 85.1 Å². The molecule has 0 aliphatic rings. The Kier molecular flexibility index (Phi) is 14.6. The number of hydrogen-bond acceptors (Lipinski definition) is 1. The van der Waals surface area contributed by atoms with E-state index in [4.69, 9.17) is 4.74 Å². The van der Waals surface area contributed by atoms with Gasteiger partial charge in [0.05, 0.1) is 0 Å². The third kappa shape index (κ3) is 12.1. The molecule has 0 aliphatic heterocycles. The minimum atomic E-state index is -0.199. The molecule has 0 heterocycles. The second-order valence-electron chi connectivity index (χ2n) is 2.79. The van der Waals surface area contributed by atoms with Crippen molar-refractivity contribution in [2.75, 3.05) is 11.3 Å². The van der Waals surface area contributed by atoms with Crippen LogP contribution in [0.5, 0.6) is 0 Å². The van der Waals surface area contributed by atoms with E-state index >= 15 is 0 Å². The van der Waals surface area contributed by atoms with Gasteiger partial charge in [-0.2, -0.15) is 0 Å². The molecule has 0 aromatic carbocycles. The van der Waals surface area contributed by atoms with Crippen molar-refractivity contribution in [2.24, 2.45) is 0 Å². The number of hydrogen-bond donors (Lipinski definition) is 0. The maximum atomic E-state index is 5.39. The minimum Gasteiger partial charge on any atom is -0.410 e. The highest BCUT2D eigenvalue weighted by Crippen LogP contribution is 1.81. The van der Waals surface area contributed by atoms with Crippen LogP contribution in [-0.4, -0.2) is 37.4 Å². The van der Waals surface area contributed by atoms with Crippen LogP contribution in [-0.2, 0) is 4.74 Å². The molecule has 0 atom stereocenters. The topological polar surface area (TPSA) is 9.23 Å². The van der Waals surface area contributed by atoms with Gasteiger partial charge >= 0.3 is 19.6 Å². The van der Waals surface area contributed by atoms with Crippen LogP contribution in [0.4, 0.5) is 0 Å². The predicted molar refractivity (Wildman–Crippen MR) is 56.1 cm³/mol. The Morgan fingerprint density at radius 1 is 1.40 bits per heavy atom. The maximum Gasteiger partial charge on any atom is 0.400 e. The van der Waals surface area contributed by atoms with Gasteiger partial charge in [-0.05, 0) is 6.42 Å². The van der Waals surface area contributed by atoms with Crippen molar-refractivity contribution in [1.82, 2.24) is 0 Å². The van der Waals surface area contributed by atoms with E-state index in [1.165, 1.54) is 6.42 Å². The van der Waals surface area contributed by atoms with Crippen LogP contribution in [0, 0.1) is 0 Å². The summed E-state index contributed by atoms with van der Waals surface area (Å²) >= 11 is 0.242. The van der Waals surface area contributed by atoms with Crippen LogP contribution < -0.4 is 0 Å². The fourth-order valence-corrected chi connectivity index (χ4v) is 3.32. The Hall–Kier alpha value is 1.42. The van der Waals surface area contributed by atoms with Gasteiger partial charge in [0, 0.05) is 6.61 Å². The van der Waals surface area contributed by atoms with E-state index in [0.29, 0.717) is 0 Å². The van der Waals surface area contributed by atoms with Crippen molar-refractivity contribution >= 4 is 43.0 Å². The Morgan fingerprint density at radius 3 is 2.40 bits per heavy atom. The van der Waals surface area contributed by atoms with Crippen LogP contribution in [0.15, 0.2) is 0 Å². The molecule has 0 N–H and O–H groups in total. The summed E-state index contributed by atoms with van der Waals surface area (Å²) in [5.41, 5.74) is 0. The average Bonchev–Trinajstić information content (AvgIpc) is 1.80. The van der Waals surface area contributed by atoms with Crippen LogP contribution in [0.1, 0.15) is 13.3 Å². The molecular weight excluding hydrogens is 220 g/mol. The van der Waals surface area contributed by atoms with Gasteiger partial charge in [0.1, 0.15) is 0 Å². The first-order valence-corrected chi connectivity index (χ1v) is 10.4. The second kappa shape index (κ2) is 10.4. The highest BCUT2D eigenvalue weighted by atomic mass is 79.9. The summed E-state index contributed by atoms with van der Waals surface area (Å²) in [4.78, 5) is 0. The summed E-state index contributed by atoms with van der Waals surface area (Å²) in [6.45, 7) is 7.98. The molecule has 0 aliphatic carbocycles. The SMILES string of the molecule is Br.CCCO[CH2][Mg][SiH](C)C. The van der Waals surface area contributed by atoms with E-state index in [1.807, 2.05) is 0 Å². The number of ether oxygens (including phenoxy) is 1. The standard InChI is InChI=1S/C4H9O.C2H7Si.BrH.Mg/c1-3-4-5-2;1-3-2;;/h2-4H2,1H3;3H,1-2H3;1H;. The molecule has 0 bridgehead atoms. The van der Waals surface area contributed by atoms with E-state index in [-0.39, 0.29) is 43.0 Å². The number of rotatable bonds is 5. The molecule has 0 amide bonds. The van der Waals surface area contributed by atoms with Crippen molar-refractivity contribution in [3.05, 3.63) is 0 Å². The van der Waals surface area contributed by atoms with Crippen molar-refractivity contribution in [2.45, 2.75) is 26.4 Å². The Bertz CT molecular complexity index is 63.7. The Balaban J connectivity index is 0. The monoisotopic (exact) mass is 236 g/mol. The van der Waals surface area contributed by atoms with Crippen LogP contribution in [0.2, 0.25) is 13.1 Å². The van der Waals surface area contributed by atoms with Crippen LogP contribution in [0.3, 0.4) is 0 Å². The molecule has 0 fully saturated rings. The van der Waals surface area contributed by atoms with E-state index in [1.54, 1.807) is 0 Å². The zero-order valence-corrected chi connectivity index (χ0v) is 11.5. The summed E-state index contributed by atoms with van der Waals surface area (Å²) in [6.07, 6.45) is 0.975. The summed E-state index contributed by atoms with van der Waals surface area (Å²) < 4.78 is 6.53. The highest BCUT2D eigenvalue weighted by Gasteiger charge is 2.00. The zero-order chi connectivity index (χ0) is 7.11. The second-order valence-corrected chi connectivity index (χ2v) is 13.2. The number of halogens is 1. The van der Waals surface area contributed by atoms with E-state index in [9.17, 15) is 0 Å². The maximum absolute atomic E-state index is 5.39. The highest BCUT2D eigenvalue weighted by molar-refractivity contribution is 8.93. The lowest BCUT2D eigenvalue weighted by Crippen LogP contribution is -2.19. The summed E-state index contributed by atoms with van der Waals surface area (Å²) in [5, 5.41) is 0. The normalized spacial score (nSPS) is 8.80. The molecular formula is C6H17BrMgOSi. The molecule has 60 valence electrons. The molecule has 0 saturated carbocycles. The third-order valence-electron chi connectivity index (χ3n) is 1.19. The van der Waals surface area contributed by atoms with Crippen molar-refractivity contribution < 1.29 is 4.74 Å². The molecule has 0 spiro atoms. The molecule has 4 heteroatoms. The van der Waals surface area contributed by atoms with Gasteiger partial charge in [-0.25, -0.2) is 0 Å². The summed E-state index contributed by atoms with van der Waals surface area (Å²) in [7, 11) is 0. The summed E-state index contributed by atoms with van der Waals surface area (Å²) in [6, 6.07) is 0. The largest absolute Gasteiger partial charge is 0.410 e. The first-order chi connectivity index (χ1) is 4.27. The van der Waals surface area contributed by atoms with E-state index < -0.39 is 0 Å². The minimum absolute atomic E-state index is 0. The first kappa shape index (κ1) is 14.0. The zero-order valence-electron chi connectivity index (χ0n) is 7.22. The average molecular weight is 237 g/mol. The smallest absolute Gasteiger partial charge is 0.400 e. The molecule has 0 unspecified atom stereocenters. The fraction of sp³-hybridized carbons (Fsp3) is 1.00. The molecule has 1 nitrogen and oxygen atoms in total. The van der Waals surface area contributed by atoms with Crippen molar-refractivity contribution in [3.63, 3.8) is 0 Å².